The first-order valence-corrected chi connectivity index (χ1v) is 9.29. The van der Waals surface area contributed by atoms with Crippen molar-refractivity contribution in [1.29, 1.82) is 0 Å². The summed E-state index contributed by atoms with van der Waals surface area (Å²) in [6.45, 7) is 6.96. The van der Waals surface area contributed by atoms with E-state index in [1.165, 1.54) is 11.1 Å². The van der Waals surface area contributed by atoms with E-state index in [0.29, 0.717) is 12.0 Å². The number of aromatic nitrogens is 4. The van der Waals surface area contributed by atoms with Gasteiger partial charge in [-0.25, -0.2) is 15.0 Å². The highest BCUT2D eigenvalue weighted by Crippen LogP contribution is 2.35. The number of benzene rings is 1. The van der Waals surface area contributed by atoms with Crippen molar-refractivity contribution in [2.45, 2.75) is 52.0 Å². The largest absolute Gasteiger partial charge is 0.370 e. The molecule has 0 unspecified atom stereocenters. The summed E-state index contributed by atoms with van der Waals surface area (Å²) in [5, 5.41) is 3.42. The van der Waals surface area contributed by atoms with Gasteiger partial charge in [0.25, 0.3) is 0 Å². The van der Waals surface area contributed by atoms with Crippen LogP contribution in [0.3, 0.4) is 0 Å². The first-order chi connectivity index (χ1) is 12.5. The first kappa shape index (κ1) is 17.0. The minimum absolute atomic E-state index is 0.326. The van der Waals surface area contributed by atoms with Gasteiger partial charge in [-0.15, -0.1) is 0 Å². The Kier molecular flexibility index (Phi) is 4.36. The Bertz CT molecular complexity index is 939. The van der Waals surface area contributed by atoms with Crippen LogP contribution < -0.4 is 11.1 Å². The molecule has 2 heterocycles. The number of rotatable bonds is 5. The van der Waals surface area contributed by atoms with Crippen LogP contribution in [-0.2, 0) is 6.42 Å². The fourth-order valence-corrected chi connectivity index (χ4v) is 3.59. The molecule has 4 N–H and O–H groups in total. The highest BCUT2D eigenvalue weighted by Gasteiger charge is 2.28. The maximum absolute atomic E-state index is 5.91. The van der Waals surface area contributed by atoms with Crippen molar-refractivity contribution in [3.05, 3.63) is 46.7 Å². The molecule has 0 atom stereocenters. The molecule has 0 radical (unpaired) electrons. The van der Waals surface area contributed by atoms with Crippen LogP contribution in [0, 0.1) is 20.8 Å². The van der Waals surface area contributed by atoms with Crippen molar-refractivity contribution >= 4 is 16.9 Å². The SMILES string of the molecule is Cc1nc(NCCc2nc3c(C)c(C)ccc3[nH]2)cc(C2CC(N)C2)n1. The molecule has 0 bridgehead atoms. The summed E-state index contributed by atoms with van der Waals surface area (Å²) in [6.07, 6.45) is 2.86. The maximum Gasteiger partial charge on any atom is 0.129 e. The van der Waals surface area contributed by atoms with Gasteiger partial charge in [0.2, 0.25) is 0 Å². The third kappa shape index (κ3) is 3.29. The standard InChI is InChI=1S/C20H26N6/c1-11-4-5-16-20(12(11)2)26-18(25-16)6-7-22-19-10-17(23-13(3)24-19)14-8-15(21)9-14/h4-5,10,14-15H,6-9,21H2,1-3H3,(H,25,26)(H,22,23,24). The van der Waals surface area contributed by atoms with Crippen LogP contribution in [0.25, 0.3) is 11.0 Å². The second-order valence-corrected chi connectivity index (χ2v) is 7.42. The van der Waals surface area contributed by atoms with Gasteiger partial charge in [0.15, 0.2) is 0 Å². The van der Waals surface area contributed by atoms with Crippen LogP contribution in [0.15, 0.2) is 18.2 Å². The summed E-state index contributed by atoms with van der Waals surface area (Å²) in [7, 11) is 0. The van der Waals surface area contributed by atoms with Crippen molar-refractivity contribution in [3.8, 4) is 0 Å². The number of aryl methyl sites for hydroxylation is 3. The number of hydrogen-bond acceptors (Lipinski definition) is 5. The number of anilines is 1. The number of nitrogens with two attached hydrogens (primary N) is 1. The summed E-state index contributed by atoms with van der Waals surface area (Å²) in [5.41, 5.74) is 11.7. The molecule has 2 aromatic heterocycles. The van der Waals surface area contributed by atoms with E-state index in [-0.39, 0.29) is 0 Å². The van der Waals surface area contributed by atoms with Gasteiger partial charge in [-0.05, 0) is 50.8 Å². The molecule has 0 amide bonds. The lowest BCUT2D eigenvalue weighted by molar-refractivity contribution is 0.344. The van der Waals surface area contributed by atoms with E-state index in [0.717, 1.165) is 60.0 Å². The summed E-state index contributed by atoms with van der Waals surface area (Å²) in [6, 6.07) is 6.63. The average molecular weight is 350 g/mol. The van der Waals surface area contributed by atoms with Crippen molar-refractivity contribution in [3.63, 3.8) is 0 Å². The molecule has 6 heteroatoms. The molecule has 1 aliphatic carbocycles. The topological polar surface area (TPSA) is 92.5 Å². The molecule has 0 aliphatic heterocycles. The third-order valence-corrected chi connectivity index (χ3v) is 5.35. The van der Waals surface area contributed by atoms with E-state index in [2.05, 4.69) is 52.3 Å². The lowest BCUT2D eigenvalue weighted by Crippen LogP contribution is -2.35. The zero-order chi connectivity index (χ0) is 18.3. The second kappa shape index (κ2) is 6.68. The molecule has 136 valence electrons. The molecule has 1 aliphatic rings. The zero-order valence-corrected chi connectivity index (χ0v) is 15.6. The van der Waals surface area contributed by atoms with E-state index in [1.54, 1.807) is 0 Å². The molecule has 0 saturated heterocycles. The summed E-state index contributed by atoms with van der Waals surface area (Å²) in [5.74, 6) is 3.17. The van der Waals surface area contributed by atoms with Gasteiger partial charge in [0.05, 0.1) is 11.0 Å². The maximum atomic E-state index is 5.91. The molecule has 4 rings (SSSR count). The van der Waals surface area contributed by atoms with E-state index in [4.69, 9.17) is 10.7 Å². The Morgan fingerprint density at radius 1 is 1.15 bits per heavy atom. The Balaban J connectivity index is 1.42. The Morgan fingerprint density at radius 2 is 1.96 bits per heavy atom. The van der Waals surface area contributed by atoms with Crippen LogP contribution in [0.1, 0.15) is 47.2 Å². The summed E-state index contributed by atoms with van der Waals surface area (Å²) in [4.78, 5) is 17.3. The quantitative estimate of drug-likeness (QED) is 0.657. The molecular formula is C20H26N6. The predicted molar refractivity (Wildman–Crippen MR) is 104 cm³/mol. The number of imidazole rings is 1. The number of nitrogens with one attached hydrogen (secondary N) is 2. The first-order valence-electron chi connectivity index (χ1n) is 9.29. The van der Waals surface area contributed by atoms with Gasteiger partial charge in [-0.1, -0.05) is 6.07 Å². The summed E-state index contributed by atoms with van der Waals surface area (Å²) >= 11 is 0. The van der Waals surface area contributed by atoms with Gasteiger partial charge in [0.1, 0.15) is 17.5 Å². The Hall–Kier alpha value is -2.47. The van der Waals surface area contributed by atoms with Crippen molar-refractivity contribution in [2.24, 2.45) is 5.73 Å². The minimum atomic E-state index is 0.326. The highest BCUT2D eigenvalue weighted by atomic mass is 15.0. The number of H-pyrrole nitrogens is 1. The second-order valence-electron chi connectivity index (χ2n) is 7.42. The van der Waals surface area contributed by atoms with Crippen molar-refractivity contribution in [2.75, 3.05) is 11.9 Å². The number of nitrogens with zero attached hydrogens (tertiary/aromatic N) is 3. The van der Waals surface area contributed by atoms with Crippen LogP contribution in [-0.4, -0.2) is 32.5 Å². The van der Waals surface area contributed by atoms with E-state index in [1.807, 2.05) is 6.92 Å². The van der Waals surface area contributed by atoms with Gasteiger partial charge in [-0.3, -0.25) is 0 Å². The highest BCUT2D eigenvalue weighted by molar-refractivity contribution is 5.79. The van der Waals surface area contributed by atoms with Crippen LogP contribution >= 0.6 is 0 Å². The van der Waals surface area contributed by atoms with Gasteiger partial charge >= 0.3 is 0 Å². The zero-order valence-electron chi connectivity index (χ0n) is 15.6. The summed E-state index contributed by atoms with van der Waals surface area (Å²) < 4.78 is 0. The third-order valence-electron chi connectivity index (χ3n) is 5.35. The Labute approximate surface area is 153 Å². The number of fused-ring (bicyclic) bond motifs is 1. The lowest BCUT2D eigenvalue weighted by Gasteiger charge is -2.32. The molecule has 6 nitrogen and oxygen atoms in total. The van der Waals surface area contributed by atoms with E-state index < -0.39 is 0 Å². The minimum Gasteiger partial charge on any atom is -0.370 e. The van der Waals surface area contributed by atoms with Crippen LogP contribution in [0.5, 0.6) is 0 Å². The Morgan fingerprint density at radius 3 is 2.73 bits per heavy atom. The molecule has 26 heavy (non-hydrogen) atoms. The van der Waals surface area contributed by atoms with Gasteiger partial charge in [0, 0.05) is 36.7 Å². The normalized spacial score (nSPS) is 19.5. The smallest absolute Gasteiger partial charge is 0.129 e. The van der Waals surface area contributed by atoms with Crippen LogP contribution in [0.2, 0.25) is 0 Å². The van der Waals surface area contributed by atoms with E-state index >= 15 is 0 Å². The monoisotopic (exact) mass is 350 g/mol. The molecular weight excluding hydrogens is 324 g/mol. The molecule has 1 aromatic carbocycles. The fraction of sp³-hybridized carbons (Fsp3) is 0.450. The molecule has 1 fully saturated rings. The fourth-order valence-electron chi connectivity index (χ4n) is 3.59. The van der Waals surface area contributed by atoms with Gasteiger partial charge < -0.3 is 16.0 Å². The van der Waals surface area contributed by atoms with Gasteiger partial charge in [-0.2, -0.15) is 0 Å². The van der Waals surface area contributed by atoms with Crippen LogP contribution in [0.4, 0.5) is 5.82 Å². The van der Waals surface area contributed by atoms with E-state index in [9.17, 15) is 0 Å². The van der Waals surface area contributed by atoms with Crippen molar-refractivity contribution < 1.29 is 0 Å². The molecule has 3 aromatic rings. The molecule has 0 spiro atoms. The molecule has 1 saturated carbocycles. The average Bonchev–Trinajstić information content (AvgIpc) is 2.99. The number of aromatic amines is 1. The lowest BCUT2D eigenvalue weighted by atomic mass is 9.78. The number of hydrogen-bond donors (Lipinski definition) is 3. The van der Waals surface area contributed by atoms with Crippen molar-refractivity contribution in [1.82, 2.24) is 19.9 Å². The predicted octanol–water partition coefficient (Wildman–Crippen LogP) is 3.14.